The first kappa shape index (κ1) is 21.2. The van der Waals surface area contributed by atoms with E-state index in [1.54, 1.807) is 62.4 Å². The molecule has 2 fully saturated rings. The van der Waals surface area contributed by atoms with Gasteiger partial charge in [0.2, 0.25) is 0 Å². The minimum absolute atomic E-state index is 0.0761. The van der Waals surface area contributed by atoms with Gasteiger partial charge in [0.25, 0.3) is 5.91 Å². The number of benzene rings is 2. The van der Waals surface area contributed by atoms with E-state index in [-0.39, 0.29) is 18.0 Å². The van der Waals surface area contributed by atoms with Gasteiger partial charge in [0, 0.05) is 17.1 Å². The van der Waals surface area contributed by atoms with Crippen molar-refractivity contribution in [2.24, 2.45) is 0 Å². The Bertz CT molecular complexity index is 1010. The van der Waals surface area contributed by atoms with E-state index < -0.39 is 20.7 Å². The van der Waals surface area contributed by atoms with E-state index in [2.05, 4.69) is 0 Å². The molecule has 2 aliphatic rings. The SMILES string of the molecule is CC(C)(Oc1ccc(Cl)cc1)C(=O)N1[C@@H]2CC[C@@H]1CC(S(=O)(=O)c1ccccc1)C2. The van der Waals surface area contributed by atoms with E-state index in [0.29, 0.717) is 28.5 Å². The van der Waals surface area contributed by atoms with Gasteiger partial charge < -0.3 is 9.64 Å². The molecule has 2 bridgehead atoms. The summed E-state index contributed by atoms with van der Waals surface area (Å²) in [5.74, 6) is 0.479. The Morgan fingerprint density at radius 3 is 2.13 bits per heavy atom. The number of rotatable bonds is 5. The number of amides is 1. The molecule has 30 heavy (non-hydrogen) atoms. The molecular formula is C23H26ClNO4S. The van der Waals surface area contributed by atoms with Crippen molar-refractivity contribution in [2.45, 2.75) is 67.4 Å². The summed E-state index contributed by atoms with van der Waals surface area (Å²) < 4.78 is 32.2. The maximum absolute atomic E-state index is 13.4. The molecule has 1 amide bonds. The first-order valence-corrected chi connectivity index (χ1v) is 12.2. The molecule has 2 heterocycles. The summed E-state index contributed by atoms with van der Waals surface area (Å²) in [6.07, 6.45) is 2.59. The summed E-state index contributed by atoms with van der Waals surface area (Å²) in [5, 5.41) is 0.146. The average molecular weight is 448 g/mol. The second kappa shape index (κ2) is 7.89. The van der Waals surface area contributed by atoms with Crippen LogP contribution in [0.3, 0.4) is 0 Å². The number of hydrogen-bond acceptors (Lipinski definition) is 4. The molecule has 0 unspecified atom stereocenters. The van der Waals surface area contributed by atoms with E-state index in [0.717, 1.165) is 12.8 Å². The van der Waals surface area contributed by atoms with Gasteiger partial charge in [0.05, 0.1) is 10.1 Å². The number of halogens is 1. The number of ether oxygens (including phenoxy) is 1. The molecule has 2 aromatic rings. The third kappa shape index (κ3) is 3.95. The first-order valence-electron chi connectivity index (χ1n) is 10.2. The second-order valence-corrected chi connectivity index (χ2v) is 11.3. The number of carbonyl (C=O) groups excluding carboxylic acids is 1. The molecule has 7 heteroatoms. The van der Waals surface area contributed by atoms with Crippen LogP contribution in [0.5, 0.6) is 5.75 Å². The Balaban J connectivity index is 1.51. The first-order chi connectivity index (χ1) is 14.2. The van der Waals surface area contributed by atoms with Crippen LogP contribution in [0.4, 0.5) is 0 Å². The van der Waals surface area contributed by atoms with E-state index >= 15 is 0 Å². The van der Waals surface area contributed by atoms with Crippen LogP contribution in [-0.4, -0.2) is 42.2 Å². The molecule has 2 aromatic carbocycles. The lowest BCUT2D eigenvalue weighted by Crippen LogP contribution is -2.57. The lowest BCUT2D eigenvalue weighted by atomic mass is 9.98. The zero-order chi connectivity index (χ0) is 21.5. The molecule has 0 radical (unpaired) electrons. The number of carbonyl (C=O) groups is 1. The molecule has 160 valence electrons. The highest BCUT2D eigenvalue weighted by atomic mass is 35.5. The number of fused-ring (bicyclic) bond motifs is 2. The summed E-state index contributed by atoms with van der Waals surface area (Å²) in [6.45, 7) is 3.52. The van der Waals surface area contributed by atoms with Crippen molar-refractivity contribution in [3.05, 3.63) is 59.6 Å². The topological polar surface area (TPSA) is 63.7 Å². The van der Waals surface area contributed by atoms with E-state index in [4.69, 9.17) is 16.3 Å². The van der Waals surface area contributed by atoms with Gasteiger partial charge >= 0.3 is 0 Å². The van der Waals surface area contributed by atoms with Gasteiger partial charge in [-0.1, -0.05) is 29.8 Å². The molecule has 0 aliphatic carbocycles. The van der Waals surface area contributed by atoms with Gasteiger partial charge in [-0.15, -0.1) is 0 Å². The van der Waals surface area contributed by atoms with Gasteiger partial charge in [-0.3, -0.25) is 4.79 Å². The van der Waals surface area contributed by atoms with Crippen molar-refractivity contribution in [1.82, 2.24) is 4.90 Å². The van der Waals surface area contributed by atoms with Crippen molar-refractivity contribution in [3.63, 3.8) is 0 Å². The molecular weight excluding hydrogens is 422 g/mol. The van der Waals surface area contributed by atoms with Crippen LogP contribution in [0.1, 0.15) is 39.5 Å². The van der Waals surface area contributed by atoms with E-state index in [1.807, 2.05) is 11.0 Å². The normalized spacial score (nSPS) is 24.0. The number of piperidine rings is 1. The minimum atomic E-state index is -3.41. The summed E-state index contributed by atoms with van der Waals surface area (Å²) in [6, 6.07) is 15.4. The molecule has 0 spiro atoms. The Hall–Kier alpha value is -2.05. The fourth-order valence-corrected chi connectivity index (χ4v) is 6.66. The number of nitrogens with zero attached hydrogens (tertiary/aromatic N) is 1. The van der Waals surface area contributed by atoms with Crippen LogP contribution in [0.25, 0.3) is 0 Å². The third-order valence-corrected chi connectivity index (χ3v) is 8.58. The third-order valence-electron chi connectivity index (χ3n) is 6.14. The van der Waals surface area contributed by atoms with Crippen LogP contribution in [-0.2, 0) is 14.6 Å². The molecule has 0 N–H and O–H groups in total. The summed E-state index contributed by atoms with van der Waals surface area (Å²) in [4.78, 5) is 15.6. The number of hydrogen-bond donors (Lipinski definition) is 0. The summed E-state index contributed by atoms with van der Waals surface area (Å²) in [7, 11) is -3.41. The van der Waals surface area contributed by atoms with E-state index in [1.165, 1.54) is 0 Å². The van der Waals surface area contributed by atoms with Crippen molar-refractivity contribution >= 4 is 27.3 Å². The van der Waals surface area contributed by atoms with Gasteiger partial charge in [0.1, 0.15) is 5.75 Å². The van der Waals surface area contributed by atoms with Gasteiger partial charge in [-0.2, -0.15) is 0 Å². The Morgan fingerprint density at radius 1 is 1.00 bits per heavy atom. The van der Waals surface area contributed by atoms with E-state index in [9.17, 15) is 13.2 Å². The van der Waals surface area contributed by atoms with Gasteiger partial charge in [0.15, 0.2) is 15.4 Å². The second-order valence-electron chi connectivity index (χ2n) is 8.62. The van der Waals surface area contributed by atoms with Gasteiger partial charge in [-0.05, 0) is 75.9 Å². The van der Waals surface area contributed by atoms with Crippen molar-refractivity contribution in [2.75, 3.05) is 0 Å². The zero-order valence-corrected chi connectivity index (χ0v) is 18.7. The van der Waals surface area contributed by atoms with Crippen LogP contribution in [0.2, 0.25) is 5.02 Å². The fourth-order valence-electron chi connectivity index (χ4n) is 4.67. The van der Waals surface area contributed by atoms with Crippen LogP contribution < -0.4 is 4.74 Å². The maximum atomic E-state index is 13.4. The molecule has 2 aliphatic heterocycles. The molecule has 0 aromatic heterocycles. The summed E-state index contributed by atoms with van der Waals surface area (Å²) >= 11 is 5.93. The van der Waals surface area contributed by atoms with Gasteiger partial charge in [-0.25, -0.2) is 8.42 Å². The smallest absolute Gasteiger partial charge is 0.266 e. The Labute approximate surface area is 182 Å². The van der Waals surface area contributed by atoms with Crippen molar-refractivity contribution < 1.29 is 17.9 Å². The number of sulfone groups is 1. The fraction of sp³-hybridized carbons (Fsp3) is 0.435. The van der Waals surface area contributed by atoms with Crippen molar-refractivity contribution in [3.8, 4) is 5.75 Å². The predicted molar refractivity (Wildman–Crippen MR) is 116 cm³/mol. The maximum Gasteiger partial charge on any atom is 0.266 e. The highest BCUT2D eigenvalue weighted by molar-refractivity contribution is 7.92. The summed E-state index contributed by atoms with van der Waals surface area (Å²) in [5.41, 5.74) is -1.06. The quantitative estimate of drug-likeness (QED) is 0.677. The lowest BCUT2D eigenvalue weighted by Gasteiger charge is -2.42. The predicted octanol–water partition coefficient (Wildman–Crippen LogP) is 4.49. The Morgan fingerprint density at radius 2 is 1.57 bits per heavy atom. The molecule has 0 saturated carbocycles. The zero-order valence-electron chi connectivity index (χ0n) is 17.1. The van der Waals surface area contributed by atoms with Crippen molar-refractivity contribution in [1.29, 1.82) is 0 Å². The molecule has 5 nitrogen and oxygen atoms in total. The van der Waals surface area contributed by atoms with Crippen LogP contribution in [0.15, 0.2) is 59.5 Å². The molecule has 4 rings (SSSR count). The molecule has 2 saturated heterocycles. The highest BCUT2D eigenvalue weighted by Crippen LogP contribution is 2.41. The lowest BCUT2D eigenvalue weighted by molar-refractivity contribution is -0.150. The largest absolute Gasteiger partial charge is 0.478 e. The van der Waals surface area contributed by atoms with Crippen LogP contribution >= 0.6 is 11.6 Å². The molecule has 2 atom stereocenters. The highest BCUT2D eigenvalue weighted by Gasteiger charge is 2.50. The minimum Gasteiger partial charge on any atom is -0.478 e. The average Bonchev–Trinajstić information content (AvgIpc) is 2.98. The van der Waals surface area contributed by atoms with Crippen LogP contribution in [0, 0.1) is 0 Å². The Kier molecular flexibility index (Phi) is 5.58. The monoisotopic (exact) mass is 447 g/mol. The standard InChI is InChI=1S/C23H26ClNO4S/c1-23(2,29-19-12-8-16(24)9-13-19)22(26)25-17-10-11-18(25)15-21(14-17)30(27,28)20-6-4-3-5-7-20/h3-9,12-13,17-18,21H,10-11,14-15H2,1-2H3/t17-,18-/m1/s1.